The fourth-order valence-electron chi connectivity index (χ4n) is 2.53. The van der Waals surface area contributed by atoms with Crippen LogP contribution in [0.3, 0.4) is 0 Å². The van der Waals surface area contributed by atoms with Crippen molar-refractivity contribution in [2.45, 2.75) is 39.0 Å². The summed E-state index contributed by atoms with van der Waals surface area (Å²) in [5, 5.41) is 19.7. The van der Waals surface area contributed by atoms with E-state index in [1.54, 1.807) is 24.3 Å². The summed E-state index contributed by atoms with van der Waals surface area (Å²) >= 11 is 0. The number of aliphatic hydroxyl groups excluding tert-OH is 1. The second-order valence-corrected chi connectivity index (χ2v) is 5.60. The van der Waals surface area contributed by atoms with Gasteiger partial charge in [0.25, 0.3) is 0 Å². The summed E-state index contributed by atoms with van der Waals surface area (Å²) < 4.78 is 10.7. The molecule has 2 rings (SSSR count). The first-order chi connectivity index (χ1) is 11.7. The van der Waals surface area contributed by atoms with Gasteiger partial charge in [-0.2, -0.15) is 0 Å². The number of hydrogen-bond acceptors (Lipinski definition) is 5. The first-order valence-corrected chi connectivity index (χ1v) is 8.38. The highest BCUT2D eigenvalue weighted by Gasteiger charge is 2.15. The van der Waals surface area contributed by atoms with E-state index in [4.69, 9.17) is 14.3 Å². The molecule has 0 aliphatic heterocycles. The smallest absolute Gasteiger partial charge is 0.347 e. The van der Waals surface area contributed by atoms with E-state index in [0.717, 1.165) is 19.3 Å². The van der Waals surface area contributed by atoms with Crippen molar-refractivity contribution in [1.29, 1.82) is 0 Å². The predicted octanol–water partition coefficient (Wildman–Crippen LogP) is 3.85. The van der Waals surface area contributed by atoms with Crippen LogP contribution < -0.4 is 10.4 Å². The first kappa shape index (κ1) is 18.1. The molecule has 0 spiro atoms. The number of hydrogen-bond donors (Lipinski definition) is 2. The lowest BCUT2D eigenvalue weighted by molar-refractivity contribution is 0.202. The van der Waals surface area contributed by atoms with Gasteiger partial charge in [0, 0.05) is 0 Å². The second-order valence-electron chi connectivity index (χ2n) is 5.60. The lowest BCUT2D eigenvalue weighted by Crippen LogP contribution is -2.06. The molecule has 1 aromatic heterocycles. The van der Waals surface area contributed by atoms with E-state index in [-0.39, 0.29) is 30.1 Å². The van der Waals surface area contributed by atoms with Gasteiger partial charge in [-0.15, -0.1) is 0 Å². The molecule has 2 aromatic rings. The summed E-state index contributed by atoms with van der Waals surface area (Å²) in [5.74, 6) is 0.222. The zero-order valence-electron chi connectivity index (χ0n) is 14.0. The third-order valence-electron chi connectivity index (χ3n) is 3.76. The van der Waals surface area contributed by atoms with E-state index in [2.05, 4.69) is 6.92 Å². The molecule has 0 atom stereocenters. The van der Waals surface area contributed by atoms with Crippen molar-refractivity contribution in [3.8, 4) is 11.5 Å². The zero-order valence-corrected chi connectivity index (χ0v) is 14.0. The van der Waals surface area contributed by atoms with Gasteiger partial charge in [0.1, 0.15) is 34.6 Å². The molecule has 5 heteroatoms. The van der Waals surface area contributed by atoms with E-state index in [1.165, 1.54) is 12.8 Å². The Morgan fingerprint density at radius 2 is 2.08 bits per heavy atom. The van der Waals surface area contributed by atoms with Gasteiger partial charge in [-0.25, -0.2) is 4.79 Å². The van der Waals surface area contributed by atoms with Crippen LogP contribution in [0.15, 0.2) is 33.5 Å². The molecular formula is C19H24O5. The van der Waals surface area contributed by atoms with Gasteiger partial charge in [-0.3, -0.25) is 0 Å². The molecule has 130 valence electrons. The molecule has 24 heavy (non-hydrogen) atoms. The van der Waals surface area contributed by atoms with Gasteiger partial charge in [-0.05, 0) is 31.1 Å². The number of ether oxygens (including phenoxy) is 1. The lowest BCUT2D eigenvalue weighted by Gasteiger charge is -2.09. The van der Waals surface area contributed by atoms with Crippen molar-refractivity contribution >= 4 is 17.0 Å². The van der Waals surface area contributed by atoms with Crippen LogP contribution in [-0.4, -0.2) is 23.4 Å². The van der Waals surface area contributed by atoms with Gasteiger partial charge in [0.05, 0.1) is 6.61 Å². The number of rotatable bonds is 9. The van der Waals surface area contributed by atoms with Gasteiger partial charge < -0.3 is 19.4 Å². The van der Waals surface area contributed by atoms with E-state index in [9.17, 15) is 9.90 Å². The van der Waals surface area contributed by atoms with E-state index < -0.39 is 5.63 Å². The Morgan fingerprint density at radius 1 is 1.25 bits per heavy atom. The van der Waals surface area contributed by atoms with Crippen LogP contribution >= 0.6 is 0 Å². The number of aliphatic hydroxyl groups is 1. The monoisotopic (exact) mass is 332 g/mol. The van der Waals surface area contributed by atoms with Gasteiger partial charge in [-0.1, -0.05) is 38.3 Å². The quantitative estimate of drug-likeness (QED) is 0.538. The van der Waals surface area contributed by atoms with Crippen LogP contribution in [0.1, 0.15) is 44.6 Å². The van der Waals surface area contributed by atoms with E-state index in [1.807, 2.05) is 6.08 Å². The summed E-state index contributed by atoms with van der Waals surface area (Å²) in [6, 6.07) is 4.93. The Kier molecular flexibility index (Phi) is 6.88. The molecule has 5 nitrogen and oxygen atoms in total. The van der Waals surface area contributed by atoms with Crippen molar-refractivity contribution in [3.05, 3.63) is 40.3 Å². The minimum atomic E-state index is -0.580. The third kappa shape index (κ3) is 4.38. The van der Waals surface area contributed by atoms with Gasteiger partial charge >= 0.3 is 5.63 Å². The maximum atomic E-state index is 12.1. The molecular weight excluding hydrogens is 308 g/mol. The van der Waals surface area contributed by atoms with Crippen LogP contribution in [0.2, 0.25) is 0 Å². The summed E-state index contributed by atoms with van der Waals surface area (Å²) in [6.45, 7) is 2.11. The van der Waals surface area contributed by atoms with Crippen LogP contribution in [0.5, 0.6) is 11.5 Å². The van der Waals surface area contributed by atoms with Crippen LogP contribution in [0, 0.1) is 0 Å². The van der Waals surface area contributed by atoms with E-state index in [0.29, 0.717) is 11.1 Å². The fourth-order valence-corrected chi connectivity index (χ4v) is 2.53. The maximum Gasteiger partial charge on any atom is 0.347 e. The lowest BCUT2D eigenvalue weighted by atomic mass is 10.1. The van der Waals surface area contributed by atoms with Crippen LogP contribution in [0.25, 0.3) is 17.0 Å². The summed E-state index contributed by atoms with van der Waals surface area (Å²) in [5.41, 5.74) is -0.199. The largest absolute Gasteiger partial charge is 0.506 e. The average Bonchev–Trinajstić information content (AvgIpc) is 2.58. The number of unbranched alkanes of at least 4 members (excludes halogenated alkanes) is 4. The van der Waals surface area contributed by atoms with E-state index >= 15 is 0 Å². The molecule has 0 bridgehead atoms. The third-order valence-corrected chi connectivity index (χ3v) is 3.76. The van der Waals surface area contributed by atoms with Crippen LogP contribution in [0.4, 0.5) is 0 Å². The van der Waals surface area contributed by atoms with Crippen molar-refractivity contribution in [3.63, 3.8) is 0 Å². The van der Waals surface area contributed by atoms with Crippen molar-refractivity contribution < 1.29 is 19.4 Å². The summed E-state index contributed by atoms with van der Waals surface area (Å²) in [6.07, 6.45) is 8.91. The Morgan fingerprint density at radius 3 is 2.83 bits per heavy atom. The molecule has 1 aromatic carbocycles. The molecule has 1 heterocycles. The topological polar surface area (TPSA) is 79.9 Å². The van der Waals surface area contributed by atoms with Gasteiger partial charge in [0.2, 0.25) is 0 Å². The second kappa shape index (κ2) is 9.13. The number of aromatic hydroxyl groups is 1. The molecule has 0 aliphatic rings. The van der Waals surface area contributed by atoms with Crippen molar-refractivity contribution in [2.75, 3.05) is 13.2 Å². The minimum Gasteiger partial charge on any atom is -0.506 e. The Hall–Kier alpha value is -2.27. The average molecular weight is 332 g/mol. The standard InChI is InChI=1S/C19H24O5/c1-2-3-4-5-6-7-9-14-18(21)17-15(23-13-12-20)10-8-11-16(17)24-19(14)22/h7-11,20-21H,2-6,12-13H2,1H3. The van der Waals surface area contributed by atoms with Crippen LogP contribution in [-0.2, 0) is 0 Å². The minimum absolute atomic E-state index is 0.0975. The molecule has 0 saturated carbocycles. The highest BCUT2D eigenvalue weighted by atomic mass is 16.5. The number of allylic oxidation sites excluding steroid dienone is 1. The summed E-state index contributed by atoms with van der Waals surface area (Å²) in [4.78, 5) is 12.1. The molecule has 0 aliphatic carbocycles. The fraction of sp³-hybridized carbons (Fsp3) is 0.421. The molecule has 0 fully saturated rings. The highest BCUT2D eigenvalue weighted by molar-refractivity contribution is 5.92. The first-order valence-electron chi connectivity index (χ1n) is 8.38. The summed E-state index contributed by atoms with van der Waals surface area (Å²) in [7, 11) is 0. The highest BCUT2D eigenvalue weighted by Crippen LogP contribution is 2.34. The Labute approximate surface area is 141 Å². The van der Waals surface area contributed by atoms with Crippen molar-refractivity contribution in [2.24, 2.45) is 0 Å². The number of benzene rings is 1. The zero-order chi connectivity index (χ0) is 17.4. The van der Waals surface area contributed by atoms with Crippen molar-refractivity contribution in [1.82, 2.24) is 0 Å². The molecule has 0 saturated heterocycles. The molecule has 0 unspecified atom stereocenters. The molecule has 0 radical (unpaired) electrons. The normalized spacial score (nSPS) is 11.4. The SMILES string of the molecule is CCCCCCC=Cc1c(O)c2c(OCCO)cccc2oc1=O. The Bertz CT molecular complexity index is 745. The molecule has 2 N–H and O–H groups in total. The Balaban J connectivity index is 2.30. The predicted molar refractivity (Wildman–Crippen MR) is 94.5 cm³/mol. The number of fused-ring (bicyclic) bond motifs is 1. The van der Waals surface area contributed by atoms with Gasteiger partial charge in [0.15, 0.2) is 0 Å². The maximum absolute atomic E-state index is 12.1. The molecule has 0 amide bonds.